The van der Waals surface area contributed by atoms with E-state index in [0.29, 0.717) is 12.1 Å². The fraction of sp³-hybridized carbons (Fsp3) is 0.167. The van der Waals surface area contributed by atoms with Crippen molar-refractivity contribution >= 4 is 0 Å². The molecule has 0 amide bonds. The van der Waals surface area contributed by atoms with E-state index >= 15 is 0 Å². The molecule has 0 unspecified atom stereocenters. The fourth-order valence-corrected chi connectivity index (χ4v) is 1.45. The van der Waals surface area contributed by atoms with Gasteiger partial charge in [-0.1, -0.05) is 0 Å². The maximum absolute atomic E-state index is 12.6. The molecular weight excluding hydrogens is 302 g/mol. The van der Waals surface area contributed by atoms with Crippen LogP contribution in [0.3, 0.4) is 0 Å². The van der Waals surface area contributed by atoms with Crippen LogP contribution in [0.25, 0.3) is 0 Å². The lowest BCUT2D eigenvalue weighted by Crippen LogP contribution is -2.11. The third-order valence-electron chi connectivity index (χ3n) is 2.33. The normalized spacial score (nSPS) is 12.3. The van der Waals surface area contributed by atoms with Crippen molar-refractivity contribution in [1.29, 1.82) is 0 Å². The Hall–Kier alpha value is -2.32. The van der Waals surface area contributed by atoms with Gasteiger partial charge in [0, 0.05) is 12.3 Å². The highest BCUT2D eigenvalue weighted by molar-refractivity contribution is 5.38. The second-order valence-corrected chi connectivity index (χ2v) is 3.91. The number of hydrogen-bond donors (Lipinski definition) is 0. The van der Waals surface area contributed by atoms with Crippen LogP contribution in [0.4, 0.5) is 26.3 Å². The molecule has 2 aromatic rings. The van der Waals surface area contributed by atoms with Crippen LogP contribution in [0.1, 0.15) is 11.1 Å². The summed E-state index contributed by atoms with van der Waals surface area (Å²) in [6.07, 6.45) is -8.58. The molecule has 1 aromatic carbocycles. The van der Waals surface area contributed by atoms with Crippen molar-refractivity contribution in [3.8, 4) is 11.6 Å². The number of hydrogen-bond acceptors (Lipinski definition) is 3. The highest BCUT2D eigenvalue weighted by atomic mass is 19.4. The third kappa shape index (κ3) is 3.83. The zero-order valence-corrected chi connectivity index (χ0v) is 10.0. The summed E-state index contributed by atoms with van der Waals surface area (Å²) in [5, 5.41) is 6.83. The molecule has 3 nitrogen and oxygen atoms in total. The van der Waals surface area contributed by atoms with Crippen LogP contribution in [0, 0.1) is 0 Å². The van der Waals surface area contributed by atoms with Crippen molar-refractivity contribution in [2.75, 3.05) is 0 Å². The quantitative estimate of drug-likeness (QED) is 0.776. The first-order valence-electron chi connectivity index (χ1n) is 5.41. The van der Waals surface area contributed by atoms with Crippen LogP contribution >= 0.6 is 0 Å². The molecule has 0 aliphatic heterocycles. The smallest absolute Gasteiger partial charge is 0.416 e. The predicted octanol–water partition coefficient (Wildman–Crippen LogP) is 4.31. The van der Waals surface area contributed by atoms with Gasteiger partial charge in [0.25, 0.3) is 0 Å². The molecule has 0 aliphatic rings. The molecule has 9 heteroatoms. The summed E-state index contributed by atoms with van der Waals surface area (Å²) in [6, 6.07) is 3.57. The maximum atomic E-state index is 12.6. The van der Waals surface area contributed by atoms with E-state index in [0.717, 1.165) is 0 Å². The highest BCUT2D eigenvalue weighted by Crippen LogP contribution is 2.38. The minimum absolute atomic E-state index is 0.0174. The van der Waals surface area contributed by atoms with E-state index in [1.165, 1.54) is 18.3 Å². The van der Waals surface area contributed by atoms with E-state index < -0.39 is 29.2 Å². The van der Waals surface area contributed by atoms with E-state index in [1.807, 2.05) is 0 Å². The minimum atomic E-state index is -4.93. The van der Waals surface area contributed by atoms with Crippen molar-refractivity contribution in [2.45, 2.75) is 12.4 Å². The molecule has 0 radical (unpaired) electrons. The maximum Gasteiger partial charge on any atom is 0.416 e. The summed E-state index contributed by atoms with van der Waals surface area (Å²) < 4.78 is 80.6. The Morgan fingerprint density at radius 3 is 1.86 bits per heavy atom. The summed E-state index contributed by atoms with van der Waals surface area (Å²) in [4.78, 5) is 0. The van der Waals surface area contributed by atoms with Gasteiger partial charge in [-0.2, -0.15) is 31.4 Å². The molecule has 0 spiro atoms. The molecule has 0 saturated carbocycles. The predicted molar refractivity (Wildman–Crippen MR) is 58.6 cm³/mol. The van der Waals surface area contributed by atoms with Crippen LogP contribution < -0.4 is 4.74 Å². The molecule has 0 atom stereocenters. The molecule has 0 saturated heterocycles. The van der Waals surface area contributed by atoms with Gasteiger partial charge in [0.15, 0.2) is 0 Å². The molecule has 1 aromatic heterocycles. The SMILES string of the molecule is FC(F)(F)c1cc(Oc2cccnn2)cc(C(F)(F)F)c1. The largest absolute Gasteiger partial charge is 0.437 e. The average molecular weight is 308 g/mol. The first-order valence-corrected chi connectivity index (χ1v) is 5.41. The second kappa shape index (κ2) is 5.23. The molecule has 0 N–H and O–H groups in total. The number of nitrogens with zero attached hydrogens (tertiary/aromatic N) is 2. The monoisotopic (exact) mass is 308 g/mol. The number of halogens is 6. The van der Waals surface area contributed by atoms with Gasteiger partial charge in [0.2, 0.25) is 5.88 Å². The summed E-state index contributed by atoms with van der Waals surface area (Å²) in [6.45, 7) is 0. The van der Waals surface area contributed by atoms with Gasteiger partial charge < -0.3 is 4.74 Å². The van der Waals surface area contributed by atoms with Crippen LogP contribution in [0.5, 0.6) is 11.6 Å². The molecule has 0 bridgehead atoms. The Morgan fingerprint density at radius 2 is 1.43 bits per heavy atom. The summed E-state index contributed by atoms with van der Waals surface area (Å²) in [5.74, 6) is -0.845. The Morgan fingerprint density at radius 1 is 0.857 bits per heavy atom. The molecule has 1 heterocycles. The standard InChI is InChI=1S/C12H6F6N2O/c13-11(14,15)7-4-8(12(16,17)18)6-9(5-7)21-10-2-1-3-19-20-10/h1-6H. The van der Waals surface area contributed by atoms with E-state index in [1.54, 1.807) is 0 Å². The zero-order valence-electron chi connectivity index (χ0n) is 10.0. The fourth-order valence-electron chi connectivity index (χ4n) is 1.45. The van der Waals surface area contributed by atoms with Crippen molar-refractivity contribution in [1.82, 2.24) is 10.2 Å². The van der Waals surface area contributed by atoms with Crippen LogP contribution in [0.2, 0.25) is 0 Å². The lowest BCUT2D eigenvalue weighted by Gasteiger charge is -2.14. The summed E-state index contributed by atoms with van der Waals surface area (Å²) in [5.41, 5.74) is -2.92. The number of benzene rings is 1. The Labute approximate surface area is 114 Å². The molecular formula is C12H6F6N2O. The topological polar surface area (TPSA) is 35.0 Å². The number of rotatable bonds is 2. The van der Waals surface area contributed by atoms with Gasteiger partial charge in [-0.25, -0.2) is 0 Å². The minimum Gasteiger partial charge on any atom is -0.437 e. The zero-order chi connectivity index (χ0) is 15.7. The Bertz CT molecular complexity index is 592. The van der Waals surface area contributed by atoms with Crippen molar-refractivity contribution < 1.29 is 31.1 Å². The first-order chi connectivity index (χ1) is 9.66. The van der Waals surface area contributed by atoms with Gasteiger partial charge in [-0.3, -0.25) is 0 Å². The van der Waals surface area contributed by atoms with Gasteiger partial charge >= 0.3 is 12.4 Å². The van der Waals surface area contributed by atoms with Gasteiger partial charge in [-0.15, -0.1) is 5.10 Å². The Balaban J connectivity index is 2.45. The molecule has 2 rings (SSSR count). The molecule has 112 valence electrons. The average Bonchev–Trinajstić information content (AvgIpc) is 2.37. The second-order valence-electron chi connectivity index (χ2n) is 3.91. The summed E-state index contributed by atoms with van der Waals surface area (Å²) >= 11 is 0. The van der Waals surface area contributed by atoms with Crippen molar-refractivity contribution in [3.05, 3.63) is 47.7 Å². The number of alkyl halides is 6. The first kappa shape index (κ1) is 15.1. The van der Waals surface area contributed by atoms with Gasteiger partial charge in [0.1, 0.15) is 5.75 Å². The lowest BCUT2D eigenvalue weighted by atomic mass is 10.1. The van der Waals surface area contributed by atoms with Gasteiger partial charge in [-0.05, 0) is 24.3 Å². The third-order valence-corrected chi connectivity index (χ3v) is 2.33. The lowest BCUT2D eigenvalue weighted by molar-refractivity contribution is -0.143. The van der Waals surface area contributed by atoms with E-state index in [-0.39, 0.29) is 11.9 Å². The van der Waals surface area contributed by atoms with Crippen LogP contribution in [-0.4, -0.2) is 10.2 Å². The van der Waals surface area contributed by atoms with E-state index in [4.69, 9.17) is 4.74 Å². The molecule has 0 aliphatic carbocycles. The van der Waals surface area contributed by atoms with Gasteiger partial charge in [0.05, 0.1) is 11.1 Å². The van der Waals surface area contributed by atoms with Crippen molar-refractivity contribution in [2.24, 2.45) is 0 Å². The highest BCUT2D eigenvalue weighted by Gasteiger charge is 2.37. The Kier molecular flexibility index (Phi) is 3.75. The van der Waals surface area contributed by atoms with Crippen molar-refractivity contribution in [3.63, 3.8) is 0 Å². The van der Waals surface area contributed by atoms with E-state index in [9.17, 15) is 26.3 Å². The number of aromatic nitrogens is 2. The summed E-state index contributed by atoms with van der Waals surface area (Å²) in [7, 11) is 0. The number of ether oxygens (including phenoxy) is 1. The van der Waals surface area contributed by atoms with Crippen LogP contribution in [0.15, 0.2) is 36.5 Å². The van der Waals surface area contributed by atoms with E-state index in [2.05, 4.69) is 10.2 Å². The molecule has 21 heavy (non-hydrogen) atoms. The van der Waals surface area contributed by atoms with Crippen LogP contribution in [-0.2, 0) is 12.4 Å². The molecule has 0 fully saturated rings.